The van der Waals surface area contributed by atoms with Gasteiger partial charge in [-0.25, -0.2) is 8.42 Å². The third-order valence-corrected chi connectivity index (χ3v) is 8.53. The monoisotopic (exact) mass is 619 g/mol. The zero-order valence-corrected chi connectivity index (χ0v) is 25.8. The Morgan fingerprint density at radius 3 is 2.20 bits per heavy atom. The number of nitrogens with zero attached hydrogens (tertiary/aromatic N) is 2. The van der Waals surface area contributed by atoms with Crippen molar-refractivity contribution in [2.75, 3.05) is 24.5 Å². The lowest BCUT2D eigenvalue weighted by atomic mass is 10.1. The van der Waals surface area contributed by atoms with Crippen molar-refractivity contribution in [2.24, 2.45) is 5.92 Å². The van der Waals surface area contributed by atoms with Gasteiger partial charge in [0.25, 0.3) is 10.0 Å². The maximum atomic E-state index is 14.1. The molecule has 0 heterocycles. The number of carbonyl (C=O) groups excluding carboxylic acids is 2. The highest BCUT2D eigenvalue weighted by Gasteiger charge is 2.34. The van der Waals surface area contributed by atoms with Crippen molar-refractivity contribution in [3.8, 4) is 5.75 Å². The lowest BCUT2D eigenvalue weighted by Gasteiger charge is -2.33. The molecule has 1 N–H and O–H groups in total. The molecule has 0 fully saturated rings. The van der Waals surface area contributed by atoms with E-state index in [4.69, 9.17) is 27.9 Å². The van der Waals surface area contributed by atoms with Crippen LogP contribution in [0.25, 0.3) is 0 Å². The molecule has 8 nitrogen and oxygen atoms in total. The van der Waals surface area contributed by atoms with E-state index in [2.05, 4.69) is 5.32 Å². The number of hydrogen-bond acceptors (Lipinski definition) is 5. The SMILES string of the molecule is CC[C@H](C(=O)NCC(C)C)N(Cc1cccc(OC)c1)C(=O)CN(c1cc(Cl)cc(Cl)c1)S(=O)(=O)c1ccccc1. The number of methoxy groups -OCH3 is 1. The number of anilines is 1. The number of hydrogen-bond donors (Lipinski definition) is 1. The number of carbonyl (C=O) groups is 2. The highest BCUT2D eigenvalue weighted by atomic mass is 35.5. The molecular weight excluding hydrogens is 585 g/mol. The summed E-state index contributed by atoms with van der Waals surface area (Å²) in [5, 5.41) is 3.33. The van der Waals surface area contributed by atoms with Crippen molar-refractivity contribution in [1.82, 2.24) is 10.2 Å². The van der Waals surface area contributed by atoms with Crippen LogP contribution in [0.5, 0.6) is 5.75 Å². The molecule has 0 radical (unpaired) electrons. The molecule has 0 aliphatic heterocycles. The average Bonchev–Trinajstić information content (AvgIpc) is 2.94. The van der Waals surface area contributed by atoms with Crippen molar-refractivity contribution in [3.63, 3.8) is 0 Å². The fourth-order valence-electron chi connectivity index (χ4n) is 4.24. The number of nitrogens with one attached hydrogen (secondary N) is 1. The second kappa shape index (κ2) is 14.6. The molecule has 0 spiro atoms. The van der Waals surface area contributed by atoms with E-state index in [1.165, 1.54) is 35.2 Å². The van der Waals surface area contributed by atoms with Crippen LogP contribution in [-0.4, -0.2) is 51.4 Å². The lowest BCUT2D eigenvalue weighted by molar-refractivity contribution is -0.140. The van der Waals surface area contributed by atoms with Crippen LogP contribution in [0.4, 0.5) is 5.69 Å². The van der Waals surface area contributed by atoms with Crippen LogP contribution in [0.15, 0.2) is 77.7 Å². The maximum absolute atomic E-state index is 14.1. The Labute approximate surface area is 252 Å². The van der Waals surface area contributed by atoms with Gasteiger partial charge in [-0.15, -0.1) is 0 Å². The number of ether oxygens (including phenoxy) is 1. The van der Waals surface area contributed by atoms with E-state index >= 15 is 0 Å². The summed E-state index contributed by atoms with van der Waals surface area (Å²) in [7, 11) is -2.69. The Morgan fingerprint density at radius 2 is 1.61 bits per heavy atom. The number of benzene rings is 3. The minimum atomic E-state index is -4.23. The van der Waals surface area contributed by atoms with E-state index in [-0.39, 0.29) is 39.0 Å². The Morgan fingerprint density at radius 1 is 0.951 bits per heavy atom. The van der Waals surface area contributed by atoms with Crippen LogP contribution in [-0.2, 0) is 26.2 Å². The fraction of sp³-hybridized carbons (Fsp3) is 0.333. The van der Waals surface area contributed by atoms with Gasteiger partial charge in [-0.3, -0.25) is 13.9 Å². The Hall–Kier alpha value is -3.27. The summed E-state index contributed by atoms with van der Waals surface area (Å²) in [6.45, 7) is 5.66. The van der Waals surface area contributed by atoms with Gasteiger partial charge in [-0.2, -0.15) is 0 Å². The van der Waals surface area contributed by atoms with Crippen molar-refractivity contribution in [1.29, 1.82) is 0 Å². The van der Waals surface area contributed by atoms with Crippen LogP contribution in [0.2, 0.25) is 10.0 Å². The van der Waals surface area contributed by atoms with E-state index < -0.39 is 28.5 Å². The molecule has 3 rings (SSSR count). The highest BCUT2D eigenvalue weighted by Crippen LogP contribution is 2.30. The number of rotatable bonds is 13. The molecule has 0 saturated carbocycles. The molecule has 220 valence electrons. The fourth-order valence-corrected chi connectivity index (χ4v) is 6.17. The van der Waals surface area contributed by atoms with Gasteiger partial charge >= 0.3 is 0 Å². The quantitative estimate of drug-likeness (QED) is 0.262. The third-order valence-electron chi connectivity index (χ3n) is 6.30. The van der Waals surface area contributed by atoms with Gasteiger partial charge in [0.2, 0.25) is 11.8 Å². The molecule has 3 aromatic rings. The van der Waals surface area contributed by atoms with Crippen molar-refractivity contribution < 1.29 is 22.7 Å². The Balaban J connectivity index is 2.08. The van der Waals surface area contributed by atoms with Crippen molar-refractivity contribution >= 4 is 50.7 Å². The predicted octanol–water partition coefficient (Wildman–Crippen LogP) is 5.78. The minimum absolute atomic E-state index is 0.00929. The largest absolute Gasteiger partial charge is 0.497 e. The lowest BCUT2D eigenvalue weighted by Crippen LogP contribution is -2.52. The third kappa shape index (κ3) is 8.61. The topological polar surface area (TPSA) is 96.0 Å². The molecule has 41 heavy (non-hydrogen) atoms. The van der Waals surface area contributed by atoms with E-state index in [0.717, 1.165) is 9.87 Å². The van der Waals surface area contributed by atoms with Gasteiger partial charge in [0.05, 0.1) is 17.7 Å². The standard InChI is InChI=1S/C30H35Cl2N3O5S/c1-5-28(30(37)33-18-21(2)3)34(19-22-10-9-11-26(14-22)40-4)29(36)20-35(25-16-23(31)15-24(32)17-25)41(38,39)27-12-7-6-8-13-27/h6-17,21,28H,5,18-20H2,1-4H3,(H,33,37)/t28-/m1/s1. The first-order chi connectivity index (χ1) is 19.5. The summed E-state index contributed by atoms with van der Waals surface area (Å²) < 4.78 is 34.1. The van der Waals surface area contributed by atoms with Crippen LogP contribution >= 0.6 is 23.2 Å². The van der Waals surface area contributed by atoms with E-state index in [0.29, 0.717) is 18.7 Å². The molecular formula is C30H35Cl2N3O5S. The molecule has 0 aliphatic carbocycles. The summed E-state index contributed by atoms with van der Waals surface area (Å²) in [4.78, 5) is 28.8. The van der Waals surface area contributed by atoms with Crippen LogP contribution in [0.1, 0.15) is 32.8 Å². The van der Waals surface area contributed by atoms with Crippen LogP contribution < -0.4 is 14.4 Å². The van der Waals surface area contributed by atoms with Gasteiger partial charge in [0, 0.05) is 23.1 Å². The van der Waals surface area contributed by atoms with Crippen molar-refractivity contribution in [3.05, 3.63) is 88.4 Å². The normalized spacial score (nSPS) is 12.1. The van der Waals surface area contributed by atoms with Crippen LogP contribution in [0.3, 0.4) is 0 Å². The molecule has 0 aliphatic rings. The first-order valence-corrected chi connectivity index (χ1v) is 15.4. The summed E-state index contributed by atoms with van der Waals surface area (Å²) in [5.41, 5.74) is 0.842. The summed E-state index contributed by atoms with van der Waals surface area (Å²) in [5.74, 6) is -0.0946. The van der Waals surface area contributed by atoms with Gasteiger partial charge in [-0.1, -0.05) is 74.3 Å². The van der Waals surface area contributed by atoms with Gasteiger partial charge in [0.1, 0.15) is 18.3 Å². The first-order valence-electron chi connectivity index (χ1n) is 13.2. The number of amides is 2. The predicted molar refractivity (Wildman–Crippen MR) is 163 cm³/mol. The number of halogens is 2. The zero-order valence-electron chi connectivity index (χ0n) is 23.5. The Kier molecular flexibility index (Phi) is 11.5. The van der Waals surface area contributed by atoms with E-state index in [9.17, 15) is 18.0 Å². The van der Waals surface area contributed by atoms with E-state index in [1.54, 1.807) is 50.4 Å². The van der Waals surface area contributed by atoms with Gasteiger partial charge in [0.15, 0.2) is 0 Å². The highest BCUT2D eigenvalue weighted by molar-refractivity contribution is 7.92. The molecule has 11 heteroatoms. The molecule has 0 bridgehead atoms. The molecule has 0 saturated heterocycles. The van der Waals surface area contributed by atoms with Crippen LogP contribution in [0, 0.1) is 5.92 Å². The summed E-state index contributed by atoms with van der Waals surface area (Å²) in [6, 6.07) is 18.4. The average molecular weight is 621 g/mol. The smallest absolute Gasteiger partial charge is 0.264 e. The zero-order chi connectivity index (χ0) is 30.2. The molecule has 3 aromatic carbocycles. The minimum Gasteiger partial charge on any atom is -0.497 e. The maximum Gasteiger partial charge on any atom is 0.264 e. The van der Waals surface area contributed by atoms with Gasteiger partial charge < -0.3 is 15.0 Å². The van der Waals surface area contributed by atoms with Crippen molar-refractivity contribution in [2.45, 2.75) is 44.7 Å². The number of sulfonamides is 1. The summed E-state index contributed by atoms with van der Waals surface area (Å²) in [6.07, 6.45) is 0.314. The molecule has 1 atom stereocenters. The van der Waals surface area contributed by atoms with Gasteiger partial charge in [-0.05, 0) is 60.4 Å². The molecule has 0 aromatic heterocycles. The Bertz CT molecular complexity index is 1430. The molecule has 0 unspecified atom stereocenters. The van der Waals surface area contributed by atoms with E-state index in [1.807, 2.05) is 19.9 Å². The first kappa shape index (κ1) is 32.2. The second-order valence-electron chi connectivity index (χ2n) is 9.89. The molecule has 2 amide bonds. The second-order valence-corrected chi connectivity index (χ2v) is 12.6. The summed E-state index contributed by atoms with van der Waals surface area (Å²) >= 11 is 12.5.